The maximum Gasteiger partial charge on any atom is 0.435 e. The number of fused-ring (bicyclic) bond motifs is 1. The number of nitrogens with one attached hydrogen (secondary N) is 1. The van der Waals surface area contributed by atoms with Gasteiger partial charge in [0.1, 0.15) is 5.60 Å². The van der Waals surface area contributed by atoms with E-state index in [4.69, 9.17) is 10.3 Å². The highest BCUT2D eigenvalue weighted by Gasteiger charge is 2.29. The Balaban J connectivity index is 1.64. The Bertz CT molecular complexity index is 642. The minimum Gasteiger partial charge on any atom is -0.442 e. The minimum atomic E-state index is -0.855. The molecule has 0 spiro atoms. The summed E-state index contributed by atoms with van der Waals surface area (Å²) in [6.07, 6.45) is 6.61. The van der Waals surface area contributed by atoms with E-state index in [2.05, 4.69) is 20.4 Å². The molecule has 1 fully saturated rings. The Hall–Kier alpha value is -2.05. The molecule has 0 saturated heterocycles. The standard InChI is InChI=1S/C15H22N6O2/c1-15(2,9-17-20-16)23-14(22)21-8-10-7-12(18-11-3-4-11)5-6-13(10)19-21/h8,11-12,18H,3-7,9H2,1-2H3. The van der Waals surface area contributed by atoms with Gasteiger partial charge in [0.25, 0.3) is 0 Å². The third-order valence-corrected chi connectivity index (χ3v) is 4.19. The molecule has 1 aromatic rings. The van der Waals surface area contributed by atoms with E-state index in [0.717, 1.165) is 30.5 Å². The summed E-state index contributed by atoms with van der Waals surface area (Å²) >= 11 is 0. The van der Waals surface area contributed by atoms with Crippen molar-refractivity contribution < 1.29 is 9.53 Å². The molecule has 1 N–H and O–H groups in total. The SMILES string of the molecule is CC(C)(CN=[N+]=[N-])OC(=O)n1cc2c(n1)CCC(NC1CC1)C2. The summed E-state index contributed by atoms with van der Waals surface area (Å²) < 4.78 is 6.65. The van der Waals surface area contributed by atoms with Crippen molar-refractivity contribution in [1.82, 2.24) is 15.1 Å². The molecule has 1 atom stereocenters. The van der Waals surface area contributed by atoms with Crippen LogP contribution in [0.25, 0.3) is 10.4 Å². The minimum absolute atomic E-state index is 0.0869. The highest BCUT2D eigenvalue weighted by Crippen LogP contribution is 2.25. The van der Waals surface area contributed by atoms with Gasteiger partial charge in [0.2, 0.25) is 0 Å². The van der Waals surface area contributed by atoms with Crippen LogP contribution in [0.5, 0.6) is 0 Å². The number of azide groups is 1. The molecular weight excluding hydrogens is 296 g/mol. The van der Waals surface area contributed by atoms with Crippen molar-refractivity contribution in [3.05, 3.63) is 27.9 Å². The van der Waals surface area contributed by atoms with Gasteiger partial charge >= 0.3 is 6.09 Å². The van der Waals surface area contributed by atoms with Crippen LogP contribution in [-0.4, -0.2) is 40.1 Å². The van der Waals surface area contributed by atoms with Gasteiger partial charge in [0.05, 0.1) is 12.2 Å². The van der Waals surface area contributed by atoms with Crippen LogP contribution >= 0.6 is 0 Å². The smallest absolute Gasteiger partial charge is 0.435 e. The molecule has 2 aliphatic rings. The monoisotopic (exact) mass is 318 g/mol. The fraction of sp³-hybridized carbons (Fsp3) is 0.733. The van der Waals surface area contributed by atoms with Crippen molar-refractivity contribution in [3.63, 3.8) is 0 Å². The molecule has 8 heteroatoms. The fourth-order valence-electron chi connectivity index (χ4n) is 2.84. The predicted molar refractivity (Wildman–Crippen MR) is 84.2 cm³/mol. The van der Waals surface area contributed by atoms with Gasteiger partial charge in [0.15, 0.2) is 0 Å². The summed E-state index contributed by atoms with van der Waals surface area (Å²) in [6.45, 7) is 3.50. The molecule has 1 heterocycles. The fourth-order valence-corrected chi connectivity index (χ4v) is 2.84. The van der Waals surface area contributed by atoms with Gasteiger partial charge in [-0.15, -0.1) is 0 Å². The van der Waals surface area contributed by atoms with E-state index in [1.165, 1.54) is 17.5 Å². The first-order valence-electron chi connectivity index (χ1n) is 8.04. The third-order valence-electron chi connectivity index (χ3n) is 4.19. The van der Waals surface area contributed by atoms with Crippen molar-refractivity contribution in [1.29, 1.82) is 0 Å². The lowest BCUT2D eigenvalue weighted by molar-refractivity contribution is 0.0442. The van der Waals surface area contributed by atoms with Gasteiger partial charge in [-0.1, -0.05) is 5.11 Å². The Kier molecular flexibility index (Phi) is 4.28. The molecule has 0 bridgehead atoms. The first-order chi connectivity index (χ1) is 11.0. The van der Waals surface area contributed by atoms with Gasteiger partial charge in [-0.2, -0.15) is 9.78 Å². The summed E-state index contributed by atoms with van der Waals surface area (Å²) in [4.78, 5) is 14.9. The number of hydrogen-bond donors (Lipinski definition) is 1. The normalized spacial score (nSPS) is 20.5. The molecule has 8 nitrogen and oxygen atoms in total. The van der Waals surface area contributed by atoms with Gasteiger partial charge in [-0.05, 0) is 57.0 Å². The van der Waals surface area contributed by atoms with Crippen LogP contribution in [0.2, 0.25) is 0 Å². The van der Waals surface area contributed by atoms with Crippen LogP contribution < -0.4 is 5.32 Å². The molecule has 1 aromatic heterocycles. The molecule has 0 amide bonds. The molecule has 1 unspecified atom stereocenters. The lowest BCUT2D eigenvalue weighted by atomic mass is 9.93. The Morgan fingerprint density at radius 2 is 2.30 bits per heavy atom. The largest absolute Gasteiger partial charge is 0.442 e. The number of carbonyl (C=O) groups excluding carboxylic acids is 1. The lowest BCUT2D eigenvalue weighted by Gasteiger charge is -2.22. The summed E-state index contributed by atoms with van der Waals surface area (Å²) in [7, 11) is 0. The van der Waals surface area contributed by atoms with Crippen molar-refractivity contribution in [2.75, 3.05) is 6.54 Å². The van der Waals surface area contributed by atoms with E-state index in [-0.39, 0.29) is 6.54 Å². The zero-order valence-electron chi connectivity index (χ0n) is 13.5. The van der Waals surface area contributed by atoms with Crippen LogP contribution in [0.3, 0.4) is 0 Å². The second-order valence-corrected chi connectivity index (χ2v) is 6.94. The van der Waals surface area contributed by atoms with Crippen LogP contribution in [0.4, 0.5) is 4.79 Å². The summed E-state index contributed by atoms with van der Waals surface area (Å²) in [5.74, 6) is 0. The molecule has 1 saturated carbocycles. The maximum atomic E-state index is 12.2. The molecule has 2 aliphatic carbocycles. The van der Waals surface area contributed by atoms with E-state index in [1.807, 2.05) is 0 Å². The zero-order valence-corrected chi connectivity index (χ0v) is 13.5. The van der Waals surface area contributed by atoms with Crippen molar-refractivity contribution in [2.24, 2.45) is 5.11 Å². The maximum absolute atomic E-state index is 12.2. The first kappa shape index (κ1) is 15.8. The zero-order chi connectivity index (χ0) is 16.4. The van der Waals surface area contributed by atoms with Crippen LogP contribution in [0.1, 0.15) is 44.4 Å². The van der Waals surface area contributed by atoms with Gasteiger partial charge in [-0.3, -0.25) is 0 Å². The van der Waals surface area contributed by atoms with Gasteiger partial charge in [-0.25, -0.2) is 4.79 Å². The van der Waals surface area contributed by atoms with Crippen LogP contribution in [0.15, 0.2) is 11.3 Å². The summed E-state index contributed by atoms with van der Waals surface area (Å²) in [5.41, 5.74) is 9.61. The topological polar surface area (TPSA) is 105 Å². The highest BCUT2D eigenvalue weighted by atomic mass is 16.6. The molecule has 124 valence electrons. The number of carbonyl (C=O) groups is 1. The molecule has 0 aliphatic heterocycles. The first-order valence-corrected chi connectivity index (χ1v) is 8.04. The number of aryl methyl sites for hydroxylation is 1. The van der Waals surface area contributed by atoms with Crippen LogP contribution in [0, 0.1) is 0 Å². The number of ether oxygens (including phenoxy) is 1. The predicted octanol–water partition coefficient (Wildman–Crippen LogP) is 2.57. The van der Waals surface area contributed by atoms with Gasteiger partial charge in [0, 0.05) is 23.2 Å². The lowest BCUT2D eigenvalue weighted by Crippen LogP contribution is -2.35. The van der Waals surface area contributed by atoms with E-state index >= 15 is 0 Å². The molecular formula is C15H22N6O2. The van der Waals surface area contributed by atoms with Crippen molar-refractivity contribution in [3.8, 4) is 0 Å². The van der Waals surface area contributed by atoms with E-state index in [0.29, 0.717) is 12.1 Å². The molecule has 0 aromatic carbocycles. The quantitative estimate of drug-likeness (QED) is 0.511. The summed E-state index contributed by atoms with van der Waals surface area (Å²) in [5, 5.41) is 11.5. The van der Waals surface area contributed by atoms with Crippen molar-refractivity contribution >= 4 is 6.09 Å². The molecule has 0 radical (unpaired) electrons. The van der Waals surface area contributed by atoms with Crippen molar-refractivity contribution in [2.45, 2.75) is 63.6 Å². The Morgan fingerprint density at radius 1 is 1.52 bits per heavy atom. The number of nitrogens with zero attached hydrogens (tertiary/aromatic N) is 5. The number of aromatic nitrogens is 2. The van der Waals surface area contributed by atoms with E-state index < -0.39 is 11.7 Å². The third kappa shape index (κ3) is 4.03. The Morgan fingerprint density at radius 3 is 3.00 bits per heavy atom. The Labute approximate surface area is 134 Å². The van der Waals surface area contributed by atoms with Gasteiger partial charge < -0.3 is 10.1 Å². The average molecular weight is 318 g/mol. The second kappa shape index (κ2) is 6.22. The number of rotatable bonds is 5. The summed E-state index contributed by atoms with van der Waals surface area (Å²) in [6, 6.07) is 1.16. The number of hydrogen-bond acceptors (Lipinski definition) is 5. The molecule has 23 heavy (non-hydrogen) atoms. The highest BCUT2D eigenvalue weighted by molar-refractivity contribution is 5.70. The van der Waals surface area contributed by atoms with E-state index in [9.17, 15) is 4.79 Å². The molecule has 3 rings (SSSR count). The second-order valence-electron chi connectivity index (χ2n) is 6.94. The average Bonchev–Trinajstić information content (AvgIpc) is 3.20. The van der Waals surface area contributed by atoms with E-state index in [1.54, 1.807) is 20.0 Å². The van der Waals surface area contributed by atoms with Crippen LogP contribution in [-0.2, 0) is 17.6 Å².